The number of hydrogen-bond acceptors (Lipinski definition) is 4. The van der Waals surface area contributed by atoms with Crippen molar-refractivity contribution in [2.45, 2.75) is 58.2 Å². The molecule has 1 aromatic carbocycles. The van der Waals surface area contributed by atoms with Gasteiger partial charge in [-0.2, -0.15) is 0 Å². The van der Waals surface area contributed by atoms with Crippen molar-refractivity contribution in [2.75, 3.05) is 19.6 Å². The monoisotopic (exact) mass is 370 g/mol. The fourth-order valence-corrected chi connectivity index (χ4v) is 4.68. The van der Waals surface area contributed by atoms with Gasteiger partial charge in [-0.25, -0.2) is 4.98 Å². The second kappa shape index (κ2) is 7.60. The molecule has 2 N–H and O–H groups in total. The number of nitrogens with zero attached hydrogens (tertiary/aromatic N) is 3. The van der Waals surface area contributed by atoms with Gasteiger partial charge in [-0.15, -0.1) is 0 Å². The third kappa shape index (κ3) is 3.36. The number of imidazole rings is 1. The number of unbranched alkanes of at least 4 members (excludes halogenated alkanes) is 1. The van der Waals surface area contributed by atoms with Gasteiger partial charge in [0.2, 0.25) is 5.91 Å². The summed E-state index contributed by atoms with van der Waals surface area (Å²) in [5, 5.41) is 13.6. The number of rotatable bonds is 5. The van der Waals surface area contributed by atoms with Crippen LogP contribution in [0.25, 0.3) is 11.0 Å². The van der Waals surface area contributed by atoms with Crippen molar-refractivity contribution >= 4 is 16.9 Å². The van der Waals surface area contributed by atoms with Gasteiger partial charge in [0.25, 0.3) is 0 Å². The maximum absolute atomic E-state index is 12.6. The Balaban J connectivity index is 1.59. The van der Waals surface area contributed by atoms with Gasteiger partial charge >= 0.3 is 0 Å². The van der Waals surface area contributed by atoms with Crippen LogP contribution in [0, 0.1) is 5.41 Å². The highest BCUT2D eigenvalue weighted by atomic mass is 16.3. The van der Waals surface area contributed by atoms with Crippen molar-refractivity contribution < 1.29 is 9.90 Å². The first kappa shape index (κ1) is 18.4. The molecule has 0 bridgehead atoms. The fourth-order valence-electron chi connectivity index (χ4n) is 4.68. The quantitative estimate of drug-likeness (QED) is 0.847. The molecule has 0 radical (unpaired) electrons. The standard InChI is InChI=1S/C21H30N4O2/c1-2-3-12-25-17-8-5-4-7-16(17)23-19(25)14-24-13-9-18(26)21(15-24)10-6-11-22-20(21)27/h4-5,7-8,18,26H,2-3,6,9-15H2,1H3,(H,22,27)/t18-,21-/m1/s1. The zero-order chi connectivity index (χ0) is 18.9. The Morgan fingerprint density at radius 3 is 3.04 bits per heavy atom. The molecule has 3 heterocycles. The number of aromatic nitrogens is 2. The minimum absolute atomic E-state index is 0.0189. The number of carbonyl (C=O) groups is 1. The number of carbonyl (C=O) groups excluding carboxylic acids is 1. The summed E-state index contributed by atoms with van der Waals surface area (Å²) in [6.07, 6.45) is 4.06. The molecule has 2 saturated heterocycles. The van der Waals surface area contributed by atoms with Crippen LogP contribution in [0.1, 0.15) is 44.9 Å². The number of amides is 1. The Bertz CT molecular complexity index is 818. The lowest BCUT2D eigenvalue weighted by molar-refractivity contribution is -0.149. The average molecular weight is 370 g/mol. The first-order valence-corrected chi connectivity index (χ1v) is 10.3. The number of nitrogens with one attached hydrogen (secondary N) is 1. The largest absolute Gasteiger partial charge is 0.392 e. The summed E-state index contributed by atoms with van der Waals surface area (Å²) in [4.78, 5) is 19.8. The Morgan fingerprint density at radius 1 is 1.37 bits per heavy atom. The second-order valence-corrected chi connectivity index (χ2v) is 8.05. The molecule has 2 atom stereocenters. The van der Waals surface area contributed by atoms with E-state index in [1.165, 1.54) is 5.52 Å². The van der Waals surface area contributed by atoms with Crippen LogP contribution in [0.15, 0.2) is 24.3 Å². The molecule has 6 nitrogen and oxygen atoms in total. The Hall–Kier alpha value is -1.92. The van der Waals surface area contributed by atoms with Gasteiger partial charge < -0.3 is 15.0 Å². The number of hydrogen-bond donors (Lipinski definition) is 2. The lowest BCUT2D eigenvalue weighted by Crippen LogP contribution is -2.61. The van der Waals surface area contributed by atoms with Crippen LogP contribution in [0.2, 0.25) is 0 Å². The number of piperidine rings is 2. The van der Waals surface area contributed by atoms with Crippen LogP contribution >= 0.6 is 0 Å². The topological polar surface area (TPSA) is 70.4 Å². The van der Waals surface area contributed by atoms with Gasteiger partial charge in [0.15, 0.2) is 0 Å². The van der Waals surface area contributed by atoms with Crippen molar-refractivity contribution in [3.05, 3.63) is 30.1 Å². The molecule has 27 heavy (non-hydrogen) atoms. The van der Waals surface area contributed by atoms with Crippen molar-refractivity contribution in [3.63, 3.8) is 0 Å². The number of aliphatic hydroxyl groups excluding tert-OH is 1. The molecule has 4 rings (SSSR count). The summed E-state index contributed by atoms with van der Waals surface area (Å²) in [7, 11) is 0. The number of benzene rings is 1. The highest BCUT2D eigenvalue weighted by molar-refractivity contribution is 5.84. The third-order valence-corrected chi connectivity index (χ3v) is 6.23. The van der Waals surface area contributed by atoms with E-state index >= 15 is 0 Å². The fraction of sp³-hybridized carbons (Fsp3) is 0.619. The first-order chi connectivity index (χ1) is 13.1. The van der Waals surface area contributed by atoms with Gasteiger partial charge in [0.1, 0.15) is 5.82 Å². The predicted molar refractivity (Wildman–Crippen MR) is 105 cm³/mol. The van der Waals surface area contributed by atoms with E-state index in [-0.39, 0.29) is 5.91 Å². The maximum atomic E-state index is 12.6. The lowest BCUT2D eigenvalue weighted by atomic mass is 9.71. The first-order valence-electron chi connectivity index (χ1n) is 10.3. The summed E-state index contributed by atoms with van der Waals surface area (Å²) in [5.41, 5.74) is 1.56. The van der Waals surface area contributed by atoms with Crippen molar-refractivity contribution in [1.29, 1.82) is 0 Å². The molecule has 0 saturated carbocycles. The van der Waals surface area contributed by atoms with Crippen LogP contribution in [0.5, 0.6) is 0 Å². The van der Waals surface area contributed by atoms with E-state index in [9.17, 15) is 9.90 Å². The summed E-state index contributed by atoms with van der Waals surface area (Å²) < 4.78 is 2.33. The Kier molecular flexibility index (Phi) is 5.19. The van der Waals surface area contributed by atoms with Crippen LogP contribution < -0.4 is 5.32 Å². The minimum atomic E-state index is -0.656. The normalized spacial score (nSPS) is 26.6. The van der Waals surface area contributed by atoms with E-state index < -0.39 is 11.5 Å². The van der Waals surface area contributed by atoms with Crippen molar-refractivity contribution in [3.8, 4) is 0 Å². The van der Waals surface area contributed by atoms with Gasteiger partial charge in [0.05, 0.1) is 29.1 Å². The highest BCUT2D eigenvalue weighted by Gasteiger charge is 2.49. The van der Waals surface area contributed by atoms with Gasteiger partial charge in [-0.05, 0) is 37.8 Å². The zero-order valence-corrected chi connectivity index (χ0v) is 16.2. The summed E-state index contributed by atoms with van der Waals surface area (Å²) in [6, 6.07) is 8.30. The molecule has 2 aliphatic heterocycles. The SMILES string of the molecule is CCCCn1c(CN2CC[C@@H](O)[C@@]3(CCCNC3=O)C2)nc2ccccc21. The van der Waals surface area contributed by atoms with E-state index in [2.05, 4.69) is 39.9 Å². The number of fused-ring (bicyclic) bond motifs is 1. The Morgan fingerprint density at radius 2 is 2.22 bits per heavy atom. The van der Waals surface area contributed by atoms with Crippen molar-refractivity contribution in [1.82, 2.24) is 19.8 Å². The zero-order valence-electron chi connectivity index (χ0n) is 16.2. The molecule has 2 aliphatic rings. The second-order valence-electron chi connectivity index (χ2n) is 8.05. The molecular formula is C21H30N4O2. The minimum Gasteiger partial charge on any atom is -0.392 e. The summed E-state index contributed by atoms with van der Waals surface area (Å²) in [5.74, 6) is 1.08. The van der Waals surface area contributed by atoms with Crippen molar-refractivity contribution in [2.24, 2.45) is 5.41 Å². The van der Waals surface area contributed by atoms with Crippen LogP contribution in [0.3, 0.4) is 0 Å². The Labute approximate surface area is 160 Å². The molecule has 2 fully saturated rings. The summed E-state index contributed by atoms with van der Waals surface area (Å²) in [6.45, 7) is 6.02. The molecule has 2 aromatic rings. The van der Waals surface area contributed by atoms with Gasteiger partial charge in [0, 0.05) is 26.2 Å². The van der Waals surface area contributed by atoms with E-state index in [0.29, 0.717) is 13.0 Å². The molecule has 6 heteroatoms. The number of likely N-dealkylation sites (tertiary alicyclic amines) is 1. The number of para-hydroxylation sites is 2. The number of aliphatic hydroxyl groups is 1. The molecular weight excluding hydrogens is 340 g/mol. The van der Waals surface area contributed by atoms with Gasteiger partial charge in [-0.1, -0.05) is 25.5 Å². The maximum Gasteiger partial charge on any atom is 0.230 e. The third-order valence-electron chi connectivity index (χ3n) is 6.23. The van der Waals surface area contributed by atoms with E-state index in [0.717, 1.165) is 63.2 Å². The smallest absolute Gasteiger partial charge is 0.230 e. The summed E-state index contributed by atoms with van der Waals surface area (Å²) >= 11 is 0. The average Bonchev–Trinajstić information content (AvgIpc) is 3.02. The van der Waals surface area contributed by atoms with Crippen LogP contribution in [0.4, 0.5) is 0 Å². The van der Waals surface area contributed by atoms with E-state index in [1.54, 1.807) is 0 Å². The van der Waals surface area contributed by atoms with Crippen LogP contribution in [-0.4, -0.2) is 51.2 Å². The highest BCUT2D eigenvalue weighted by Crippen LogP contribution is 2.37. The van der Waals surface area contributed by atoms with E-state index in [4.69, 9.17) is 4.98 Å². The molecule has 1 spiro atoms. The lowest BCUT2D eigenvalue weighted by Gasteiger charge is -2.46. The van der Waals surface area contributed by atoms with Crippen LogP contribution in [-0.2, 0) is 17.9 Å². The van der Waals surface area contributed by atoms with Gasteiger partial charge in [-0.3, -0.25) is 9.69 Å². The molecule has 0 unspecified atom stereocenters. The molecule has 1 aromatic heterocycles. The molecule has 0 aliphatic carbocycles. The number of aryl methyl sites for hydroxylation is 1. The molecule has 146 valence electrons. The van der Waals surface area contributed by atoms with E-state index in [1.807, 2.05) is 6.07 Å². The molecule has 1 amide bonds. The predicted octanol–water partition coefficient (Wildman–Crippen LogP) is 2.30.